The lowest BCUT2D eigenvalue weighted by Gasteiger charge is -2.23. The second-order valence-corrected chi connectivity index (χ2v) is 5.32. The SMILES string of the molecule is CCOC(=O)C(C)NCC1CC2CCC1C2. The number of ether oxygens (including phenoxy) is 1. The lowest BCUT2D eigenvalue weighted by molar-refractivity contribution is -0.145. The minimum atomic E-state index is -0.154. The molecule has 0 aromatic heterocycles. The highest BCUT2D eigenvalue weighted by Gasteiger charge is 2.39. The number of fused-ring (bicyclic) bond motifs is 2. The summed E-state index contributed by atoms with van der Waals surface area (Å²) < 4.78 is 4.98. The highest BCUT2D eigenvalue weighted by molar-refractivity contribution is 5.75. The first-order chi connectivity index (χ1) is 7.70. The molecule has 16 heavy (non-hydrogen) atoms. The third kappa shape index (κ3) is 2.57. The van der Waals surface area contributed by atoms with Gasteiger partial charge in [-0.1, -0.05) is 6.42 Å². The summed E-state index contributed by atoms with van der Waals surface area (Å²) in [5, 5.41) is 3.32. The van der Waals surface area contributed by atoms with Crippen molar-refractivity contribution in [2.75, 3.05) is 13.2 Å². The molecule has 2 aliphatic rings. The van der Waals surface area contributed by atoms with Crippen LogP contribution in [-0.4, -0.2) is 25.2 Å². The number of esters is 1. The van der Waals surface area contributed by atoms with E-state index in [9.17, 15) is 4.79 Å². The van der Waals surface area contributed by atoms with Crippen LogP contribution in [0.2, 0.25) is 0 Å². The van der Waals surface area contributed by atoms with E-state index in [0.717, 1.165) is 24.3 Å². The first-order valence-electron chi connectivity index (χ1n) is 6.60. The molecule has 0 aliphatic heterocycles. The molecule has 92 valence electrons. The van der Waals surface area contributed by atoms with Crippen molar-refractivity contribution in [1.82, 2.24) is 5.32 Å². The quantitative estimate of drug-likeness (QED) is 0.727. The van der Waals surface area contributed by atoms with Crippen molar-refractivity contribution < 1.29 is 9.53 Å². The fraction of sp³-hybridized carbons (Fsp3) is 0.923. The van der Waals surface area contributed by atoms with Crippen molar-refractivity contribution in [3.8, 4) is 0 Å². The van der Waals surface area contributed by atoms with E-state index in [1.54, 1.807) is 0 Å². The Bertz CT molecular complexity index is 254. The Balaban J connectivity index is 1.69. The Morgan fingerprint density at radius 3 is 2.81 bits per heavy atom. The van der Waals surface area contributed by atoms with Crippen molar-refractivity contribution >= 4 is 5.97 Å². The van der Waals surface area contributed by atoms with E-state index in [1.807, 2.05) is 13.8 Å². The van der Waals surface area contributed by atoms with E-state index in [0.29, 0.717) is 6.61 Å². The predicted molar refractivity (Wildman–Crippen MR) is 63.0 cm³/mol. The standard InChI is InChI=1S/C13H23NO2/c1-3-16-13(15)9(2)14-8-12-7-10-4-5-11(12)6-10/h9-12,14H,3-8H2,1-2H3. The van der Waals surface area contributed by atoms with E-state index < -0.39 is 0 Å². The molecule has 1 N–H and O–H groups in total. The van der Waals surface area contributed by atoms with Gasteiger partial charge < -0.3 is 10.1 Å². The van der Waals surface area contributed by atoms with Crippen molar-refractivity contribution in [1.29, 1.82) is 0 Å². The normalized spacial score (nSPS) is 34.0. The molecule has 0 heterocycles. The smallest absolute Gasteiger partial charge is 0.322 e. The summed E-state index contributed by atoms with van der Waals surface area (Å²) in [6.07, 6.45) is 5.65. The van der Waals surface area contributed by atoms with Crippen LogP contribution >= 0.6 is 0 Å². The van der Waals surface area contributed by atoms with Crippen LogP contribution < -0.4 is 5.32 Å². The van der Waals surface area contributed by atoms with Crippen LogP contribution in [0.5, 0.6) is 0 Å². The molecule has 0 saturated heterocycles. The van der Waals surface area contributed by atoms with Gasteiger partial charge in [0.1, 0.15) is 6.04 Å². The summed E-state index contributed by atoms with van der Waals surface area (Å²) in [5.74, 6) is 2.59. The number of carbonyl (C=O) groups excluding carboxylic acids is 1. The highest BCUT2D eigenvalue weighted by Crippen LogP contribution is 2.47. The van der Waals surface area contributed by atoms with E-state index >= 15 is 0 Å². The summed E-state index contributed by atoms with van der Waals surface area (Å²) in [7, 11) is 0. The number of hydrogen-bond acceptors (Lipinski definition) is 3. The van der Waals surface area contributed by atoms with Gasteiger partial charge in [-0.15, -0.1) is 0 Å². The van der Waals surface area contributed by atoms with Crippen LogP contribution in [0.4, 0.5) is 0 Å². The first-order valence-corrected chi connectivity index (χ1v) is 6.60. The fourth-order valence-electron chi connectivity index (χ4n) is 3.31. The lowest BCUT2D eigenvalue weighted by Crippen LogP contribution is -2.39. The molecule has 2 fully saturated rings. The van der Waals surface area contributed by atoms with Crippen molar-refractivity contribution in [3.05, 3.63) is 0 Å². The summed E-state index contributed by atoms with van der Waals surface area (Å²) in [4.78, 5) is 11.4. The van der Waals surface area contributed by atoms with Gasteiger partial charge in [0, 0.05) is 0 Å². The molecule has 0 radical (unpaired) electrons. The second-order valence-electron chi connectivity index (χ2n) is 5.32. The maximum Gasteiger partial charge on any atom is 0.322 e. The molecule has 2 rings (SSSR count). The molecule has 3 nitrogen and oxygen atoms in total. The number of carbonyl (C=O) groups is 1. The largest absolute Gasteiger partial charge is 0.465 e. The van der Waals surface area contributed by atoms with Crippen LogP contribution in [0.25, 0.3) is 0 Å². The van der Waals surface area contributed by atoms with E-state index in [1.165, 1.54) is 25.7 Å². The maximum absolute atomic E-state index is 11.4. The fourth-order valence-corrected chi connectivity index (χ4v) is 3.31. The van der Waals surface area contributed by atoms with Gasteiger partial charge in [-0.2, -0.15) is 0 Å². The molecule has 2 bridgehead atoms. The van der Waals surface area contributed by atoms with E-state index in [4.69, 9.17) is 4.74 Å². The zero-order valence-electron chi connectivity index (χ0n) is 10.4. The van der Waals surface area contributed by atoms with Gasteiger partial charge in [-0.25, -0.2) is 0 Å². The molecule has 0 aromatic rings. The molecule has 0 spiro atoms. The van der Waals surface area contributed by atoms with Gasteiger partial charge in [0.2, 0.25) is 0 Å². The molecule has 0 aromatic carbocycles. The Kier molecular flexibility index (Phi) is 3.85. The Hall–Kier alpha value is -0.570. The van der Waals surface area contributed by atoms with Gasteiger partial charge in [0.15, 0.2) is 0 Å². The number of hydrogen-bond donors (Lipinski definition) is 1. The monoisotopic (exact) mass is 225 g/mol. The Labute approximate surface area is 97.9 Å². The zero-order chi connectivity index (χ0) is 11.5. The molecule has 0 amide bonds. The highest BCUT2D eigenvalue weighted by atomic mass is 16.5. The number of rotatable bonds is 5. The molecule has 2 aliphatic carbocycles. The van der Waals surface area contributed by atoms with Gasteiger partial charge in [0.25, 0.3) is 0 Å². The minimum absolute atomic E-state index is 0.120. The lowest BCUT2D eigenvalue weighted by atomic mass is 9.89. The van der Waals surface area contributed by atoms with Crippen molar-refractivity contribution in [2.45, 2.75) is 45.6 Å². The number of nitrogens with one attached hydrogen (secondary N) is 1. The molecular formula is C13H23NO2. The summed E-state index contributed by atoms with van der Waals surface area (Å²) in [5.41, 5.74) is 0. The second kappa shape index (κ2) is 5.17. The van der Waals surface area contributed by atoms with Crippen molar-refractivity contribution in [2.24, 2.45) is 17.8 Å². The average Bonchev–Trinajstić information content (AvgIpc) is 2.87. The van der Waals surface area contributed by atoms with E-state index in [2.05, 4.69) is 5.32 Å². The minimum Gasteiger partial charge on any atom is -0.465 e. The summed E-state index contributed by atoms with van der Waals surface area (Å²) in [6, 6.07) is -0.154. The summed E-state index contributed by atoms with van der Waals surface area (Å²) in [6.45, 7) is 5.20. The van der Waals surface area contributed by atoms with E-state index in [-0.39, 0.29) is 12.0 Å². The summed E-state index contributed by atoms with van der Waals surface area (Å²) >= 11 is 0. The van der Waals surface area contributed by atoms with Crippen LogP contribution in [0, 0.1) is 17.8 Å². The molecule has 3 heteroatoms. The van der Waals surface area contributed by atoms with Crippen LogP contribution in [0.1, 0.15) is 39.5 Å². The molecular weight excluding hydrogens is 202 g/mol. The van der Waals surface area contributed by atoms with Gasteiger partial charge >= 0.3 is 5.97 Å². The Morgan fingerprint density at radius 1 is 1.44 bits per heavy atom. The first kappa shape index (κ1) is 11.9. The topological polar surface area (TPSA) is 38.3 Å². The van der Waals surface area contributed by atoms with Gasteiger partial charge in [-0.05, 0) is 57.4 Å². The van der Waals surface area contributed by atoms with Gasteiger partial charge in [0.05, 0.1) is 6.61 Å². The maximum atomic E-state index is 11.4. The zero-order valence-corrected chi connectivity index (χ0v) is 10.4. The van der Waals surface area contributed by atoms with Crippen LogP contribution in [0.3, 0.4) is 0 Å². The van der Waals surface area contributed by atoms with Crippen LogP contribution in [-0.2, 0) is 9.53 Å². The molecule has 4 atom stereocenters. The average molecular weight is 225 g/mol. The van der Waals surface area contributed by atoms with Crippen LogP contribution in [0.15, 0.2) is 0 Å². The third-order valence-electron chi connectivity index (χ3n) is 4.21. The predicted octanol–water partition coefficient (Wildman–Crippen LogP) is 1.96. The molecule has 2 saturated carbocycles. The van der Waals surface area contributed by atoms with Gasteiger partial charge in [-0.3, -0.25) is 4.79 Å². The Morgan fingerprint density at radius 2 is 2.25 bits per heavy atom. The van der Waals surface area contributed by atoms with Crippen molar-refractivity contribution in [3.63, 3.8) is 0 Å². The third-order valence-corrected chi connectivity index (χ3v) is 4.21. The molecule has 4 unspecified atom stereocenters.